The molecule has 4 heteroatoms. The van der Waals surface area contributed by atoms with Gasteiger partial charge in [0.2, 0.25) is 0 Å². The van der Waals surface area contributed by atoms with E-state index in [1.807, 2.05) is 30.7 Å². The molecule has 1 heterocycles. The summed E-state index contributed by atoms with van der Waals surface area (Å²) in [6.07, 6.45) is 3.74. The molecule has 2 rings (SSSR count). The summed E-state index contributed by atoms with van der Waals surface area (Å²) in [6, 6.07) is 8.23. The minimum absolute atomic E-state index is 0.819. The maximum Gasteiger partial charge on any atom is 0.328 e. The molecule has 4 nitrogen and oxygen atoms in total. The summed E-state index contributed by atoms with van der Waals surface area (Å²) in [5.41, 5.74) is 4.87. The summed E-state index contributed by atoms with van der Waals surface area (Å²) >= 11 is 0. The van der Waals surface area contributed by atoms with E-state index in [9.17, 15) is 4.79 Å². The minimum Gasteiger partial charge on any atom is -0.478 e. The highest BCUT2D eigenvalue weighted by molar-refractivity contribution is 5.85. The number of carboxylic acid groups (broad SMARTS) is 1. The van der Waals surface area contributed by atoms with Crippen LogP contribution < -0.4 is 0 Å². The molecular formula is C16H18N2O2. The molecule has 0 fully saturated rings. The fourth-order valence-electron chi connectivity index (χ4n) is 2.17. The molecule has 0 aliphatic rings. The van der Waals surface area contributed by atoms with Gasteiger partial charge < -0.3 is 5.11 Å². The number of aliphatic carboxylic acids is 1. The van der Waals surface area contributed by atoms with E-state index in [4.69, 9.17) is 5.11 Å². The van der Waals surface area contributed by atoms with E-state index in [1.54, 1.807) is 6.08 Å². The molecule has 0 aliphatic carbocycles. The van der Waals surface area contributed by atoms with Crippen molar-refractivity contribution in [1.29, 1.82) is 0 Å². The Morgan fingerprint density at radius 1 is 1.30 bits per heavy atom. The lowest BCUT2D eigenvalue weighted by atomic mass is 10.1. The Morgan fingerprint density at radius 3 is 2.50 bits per heavy atom. The number of carbonyl (C=O) groups is 1. The molecular weight excluding hydrogens is 252 g/mol. The van der Waals surface area contributed by atoms with Gasteiger partial charge in [0.1, 0.15) is 0 Å². The van der Waals surface area contributed by atoms with E-state index in [1.165, 1.54) is 5.56 Å². The zero-order chi connectivity index (χ0) is 14.7. The molecule has 0 saturated carbocycles. The van der Waals surface area contributed by atoms with Crippen molar-refractivity contribution in [2.24, 2.45) is 0 Å². The molecule has 0 radical (unpaired) electrons. The number of nitrogens with zero attached hydrogens (tertiary/aromatic N) is 2. The van der Waals surface area contributed by atoms with Crippen LogP contribution >= 0.6 is 0 Å². The monoisotopic (exact) mass is 270 g/mol. The SMILES string of the molecule is CCc1ccc(-n2nc(C)c(/C=C/C(=O)O)c2C)cc1. The van der Waals surface area contributed by atoms with Crippen LogP contribution in [0.4, 0.5) is 0 Å². The van der Waals surface area contributed by atoms with E-state index in [0.717, 1.165) is 35.1 Å². The first kappa shape index (κ1) is 14.1. The molecule has 0 saturated heterocycles. The van der Waals surface area contributed by atoms with Crippen LogP contribution in [-0.4, -0.2) is 20.9 Å². The van der Waals surface area contributed by atoms with Crippen molar-refractivity contribution in [2.75, 3.05) is 0 Å². The average Bonchev–Trinajstić information content (AvgIpc) is 2.72. The maximum absolute atomic E-state index is 10.6. The third-order valence-corrected chi connectivity index (χ3v) is 3.33. The largest absolute Gasteiger partial charge is 0.478 e. The Morgan fingerprint density at radius 2 is 1.95 bits per heavy atom. The number of aromatic nitrogens is 2. The van der Waals surface area contributed by atoms with Gasteiger partial charge in [-0.3, -0.25) is 0 Å². The van der Waals surface area contributed by atoms with Crippen LogP contribution in [0.15, 0.2) is 30.3 Å². The molecule has 104 valence electrons. The van der Waals surface area contributed by atoms with E-state index < -0.39 is 5.97 Å². The van der Waals surface area contributed by atoms with Gasteiger partial charge in [0.25, 0.3) is 0 Å². The second-order valence-corrected chi connectivity index (χ2v) is 4.69. The lowest BCUT2D eigenvalue weighted by Crippen LogP contribution is -1.99. The van der Waals surface area contributed by atoms with Crippen LogP contribution in [0.1, 0.15) is 29.4 Å². The van der Waals surface area contributed by atoms with Gasteiger partial charge in [0.15, 0.2) is 0 Å². The Balaban J connectivity index is 2.42. The normalized spacial score (nSPS) is 11.2. The number of benzene rings is 1. The van der Waals surface area contributed by atoms with E-state index in [-0.39, 0.29) is 0 Å². The molecule has 0 amide bonds. The predicted molar refractivity (Wildman–Crippen MR) is 79.1 cm³/mol. The lowest BCUT2D eigenvalue weighted by Gasteiger charge is -2.05. The number of hydrogen-bond donors (Lipinski definition) is 1. The number of aryl methyl sites for hydroxylation is 2. The second-order valence-electron chi connectivity index (χ2n) is 4.69. The third kappa shape index (κ3) is 2.79. The summed E-state index contributed by atoms with van der Waals surface area (Å²) in [5, 5.41) is 13.2. The van der Waals surface area contributed by atoms with E-state index in [2.05, 4.69) is 24.2 Å². The van der Waals surface area contributed by atoms with E-state index in [0.29, 0.717) is 0 Å². The molecule has 0 bridgehead atoms. The first-order valence-corrected chi connectivity index (χ1v) is 6.59. The molecule has 0 unspecified atom stereocenters. The van der Waals surface area contributed by atoms with Crippen molar-refractivity contribution >= 4 is 12.0 Å². The summed E-state index contributed by atoms with van der Waals surface area (Å²) < 4.78 is 1.84. The van der Waals surface area contributed by atoms with Gasteiger partial charge in [-0.15, -0.1) is 0 Å². The summed E-state index contributed by atoms with van der Waals surface area (Å²) in [4.78, 5) is 10.6. The van der Waals surface area contributed by atoms with Crippen molar-refractivity contribution in [2.45, 2.75) is 27.2 Å². The molecule has 1 aromatic carbocycles. The topological polar surface area (TPSA) is 55.1 Å². The molecule has 0 spiro atoms. The Labute approximate surface area is 118 Å². The Bertz CT molecular complexity index is 652. The zero-order valence-electron chi connectivity index (χ0n) is 11.9. The fourth-order valence-corrected chi connectivity index (χ4v) is 2.17. The van der Waals surface area contributed by atoms with Crippen LogP contribution in [-0.2, 0) is 11.2 Å². The van der Waals surface area contributed by atoms with Gasteiger partial charge in [-0.1, -0.05) is 19.1 Å². The molecule has 20 heavy (non-hydrogen) atoms. The van der Waals surface area contributed by atoms with Gasteiger partial charge in [0.05, 0.1) is 11.4 Å². The Kier molecular flexibility index (Phi) is 4.03. The van der Waals surface area contributed by atoms with Crippen molar-refractivity contribution in [3.63, 3.8) is 0 Å². The lowest BCUT2D eigenvalue weighted by molar-refractivity contribution is -0.131. The molecule has 1 aromatic heterocycles. The van der Waals surface area contributed by atoms with Crippen LogP contribution in [0.2, 0.25) is 0 Å². The van der Waals surface area contributed by atoms with Gasteiger partial charge in [-0.25, -0.2) is 9.48 Å². The highest BCUT2D eigenvalue weighted by atomic mass is 16.4. The molecule has 0 aliphatic heterocycles. The third-order valence-electron chi connectivity index (χ3n) is 3.33. The summed E-state index contributed by atoms with van der Waals surface area (Å²) in [6.45, 7) is 5.94. The van der Waals surface area contributed by atoms with Gasteiger partial charge in [-0.2, -0.15) is 5.10 Å². The van der Waals surface area contributed by atoms with Crippen LogP contribution in [0.25, 0.3) is 11.8 Å². The standard InChI is InChI=1S/C16H18N2O2/c1-4-13-5-7-14(8-6-13)18-12(3)15(11(2)17-18)9-10-16(19)20/h5-10H,4H2,1-3H3,(H,19,20)/b10-9+. The first-order valence-electron chi connectivity index (χ1n) is 6.59. The van der Waals surface area contributed by atoms with Crippen LogP contribution in [0, 0.1) is 13.8 Å². The zero-order valence-corrected chi connectivity index (χ0v) is 11.9. The number of hydrogen-bond acceptors (Lipinski definition) is 2. The van der Waals surface area contributed by atoms with Crippen molar-refractivity contribution < 1.29 is 9.90 Å². The van der Waals surface area contributed by atoms with Crippen molar-refractivity contribution in [3.8, 4) is 5.69 Å². The number of rotatable bonds is 4. The van der Waals surface area contributed by atoms with Crippen molar-refractivity contribution in [1.82, 2.24) is 9.78 Å². The molecule has 0 atom stereocenters. The Hall–Kier alpha value is -2.36. The smallest absolute Gasteiger partial charge is 0.328 e. The van der Waals surface area contributed by atoms with Gasteiger partial charge in [0, 0.05) is 17.3 Å². The van der Waals surface area contributed by atoms with Gasteiger partial charge in [-0.05, 0) is 44.0 Å². The molecule has 2 aromatic rings. The predicted octanol–water partition coefficient (Wildman–Crippen LogP) is 3.15. The fraction of sp³-hybridized carbons (Fsp3) is 0.250. The summed E-state index contributed by atoms with van der Waals surface area (Å²) in [5.74, 6) is -0.955. The maximum atomic E-state index is 10.6. The second kappa shape index (κ2) is 5.74. The van der Waals surface area contributed by atoms with Crippen LogP contribution in [0.3, 0.4) is 0 Å². The average molecular weight is 270 g/mol. The van der Waals surface area contributed by atoms with Crippen LogP contribution in [0.5, 0.6) is 0 Å². The highest BCUT2D eigenvalue weighted by Gasteiger charge is 2.10. The minimum atomic E-state index is -0.955. The number of carboxylic acids is 1. The van der Waals surface area contributed by atoms with Crippen molar-refractivity contribution in [3.05, 3.63) is 52.9 Å². The summed E-state index contributed by atoms with van der Waals surface area (Å²) in [7, 11) is 0. The van der Waals surface area contributed by atoms with E-state index >= 15 is 0 Å². The molecule has 1 N–H and O–H groups in total. The van der Waals surface area contributed by atoms with Gasteiger partial charge >= 0.3 is 5.97 Å². The quantitative estimate of drug-likeness (QED) is 0.868. The highest BCUT2D eigenvalue weighted by Crippen LogP contribution is 2.19. The first-order chi connectivity index (χ1) is 9.52.